The molecule has 1 N–H and O–H groups in total. The Morgan fingerprint density at radius 1 is 1.11 bits per heavy atom. The van der Waals surface area contributed by atoms with E-state index in [-0.39, 0.29) is 28.9 Å². The molecule has 3 aliphatic carbocycles. The minimum Gasteiger partial charge on any atom is -0.410 e. The summed E-state index contributed by atoms with van der Waals surface area (Å²) in [4.78, 5) is 14.3. The van der Waals surface area contributed by atoms with E-state index in [4.69, 9.17) is 9.47 Å². The van der Waals surface area contributed by atoms with Gasteiger partial charge in [-0.05, 0) is 118 Å². The average molecular weight is 651 g/mol. The number of fused-ring (bicyclic) bond motifs is 5. The number of benzene rings is 1. The summed E-state index contributed by atoms with van der Waals surface area (Å²) in [5.74, 6) is -2.67. The molecule has 1 aromatic rings. The topological polar surface area (TPSA) is 67.9 Å². The van der Waals surface area contributed by atoms with Crippen molar-refractivity contribution in [3.63, 3.8) is 0 Å². The minimum absolute atomic E-state index is 0.0753. The molecule has 1 aromatic carbocycles. The summed E-state index contributed by atoms with van der Waals surface area (Å²) >= 11 is 0. The molecule has 0 heterocycles. The second-order valence-corrected chi connectivity index (χ2v) is 15.1. The number of hydrogen-bond acceptors (Lipinski definition) is 5. The number of rotatable bonds is 13. The van der Waals surface area contributed by atoms with Crippen molar-refractivity contribution in [3.8, 4) is 5.75 Å². The Kier molecular flexibility index (Phi) is 11.4. The molecule has 0 aliphatic heterocycles. The lowest BCUT2D eigenvalue weighted by Crippen LogP contribution is -2.47. The second-order valence-electron chi connectivity index (χ2n) is 13.4. The van der Waals surface area contributed by atoms with Crippen molar-refractivity contribution >= 4 is 16.9 Å². The Hall–Kier alpha value is -1.79. The molecule has 6 nitrogen and oxygen atoms in total. The van der Waals surface area contributed by atoms with Crippen LogP contribution in [-0.2, 0) is 22.0 Å². The normalized spacial score (nSPS) is 29.1. The molecule has 7 atom stereocenters. The van der Waals surface area contributed by atoms with Gasteiger partial charge in [0.25, 0.3) is 0 Å². The number of alkyl halides is 5. The average Bonchev–Trinajstić information content (AvgIpc) is 3.28. The first-order chi connectivity index (χ1) is 20.7. The Morgan fingerprint density at radius 3 is 2.52 bits per heavy atom. The van der Waals surface area contributed by atoms with Crippen molar-refractivity contribution in [2.45, 2.75) is 88.8 Å². The molecule has 0 bridgehead atoms. The van der Waals surface area contributed by atoms with Crippen LogP contribution in [0, 0.1) is 23.2 Å². The first kappa shape index (κ1) is 35.1. The van der Waals surface area contributed by atoms with Gasteiger partial charge in [-0.25, -0.2) is 4.79 Å². The quantitative estimate of drug-likeness (QED) is 0.235. The van der Waals surface area contributed by atoms with E-state index >= 15 is 0 Å². The number of carbonyl (C=O) groups excluding carboxylic acids is 1. The molecule has 250 valence electrons. The van der Waals surface area contributed by atoms with Crippen molar-refractivity contribution in [2.24, 2.45) is 23.2 Å². The molecule has 44 heavy (non-hydrogen) atoms. The van der Waals surface area contributed by atoms with Crippen LogP contribution in [0.3, 0.4) is 0 Å². The number of likely N-dealkylation sites (N-methyl/N-ethyl adjacent to an activating group) is 1. The van der Waals surface area contributed by atoms with Crippen LogP contribution >= 0.6 is 0 Å². The Labute approximate surface area is 260 Å². The van der Waals surface area contributed by atoms with Crippen molar-refractivity contribution in [1.82, 2.24) is 10.2 Å². The summed E-state index contributed by atoms with van der Waals surface area (Å²) in [6.45, 7) is 3.51. The highest BCUT2D eigenvalue weighted by molar-refractivity contribution is 7.84. The predicted octanol–water partition coefficient (Wildman–Crippen LogP) is 6.94. The van der Waals surface area contributed by atoms with Gasteiger partial charge in [0.15, 0.2) is 0 Å². The van der Waals surface area contributed by atoms with Crippen LogP contribution < -0.4 is 10.1 Å². The van der Waals surface area contributed by atoms with Gasteiger partial charge in [-0.1, -0.05) is 13.0 Å². The molecule has 1 amide bonds. The van der Waals surface area contributed by atoms with E-state index in [2.05, 4.69) is 18.3 Å². The molecule has 2 fully saturated rings. The molecule has 3 aliphatic rings. The molecule has 1 unspecified atom stereocenters. The van der Waals surface area contributed by atoms with Gasteiger partial charge in [0.2, 0.25) is 0 Å². The fourth-order valence-electron chi connectivity index (χ4n) is 8.18. The molecular formula is C32H47F5N2O4S. The van der Waals surface area contributed by atoms with Gasteiger partial charge in [-0.2, -0.15) is 22.0 Å². The number of nitrogens with one attached hydrogen (secondary N) is 1. The van der Waals surface area contributed by atoms with Crippen LogP contribution in [0.1, 0.15) is 75.3 Å². The lowest BCUT2D eigenvalue weighted by Gasteiger charge is -2.53. The van der Waals surface area contributed by atoms with Gasteiger partial charge in [-0.3, -0.25) is 4.21 Å². The molecule has 2 saturated carbocycles. The predicted molar refractivity (Wildman–Crippen MR) is 161 cm³/mol. The van der Waals surface area contributed by atoms with Gasteiger partial charge < -0.3 is 19.7 Å². The highest BCUT2D eigenvalue weighted by Gasteiger charge is 2.58. The minimum atomic E-state index is -5.58. The summed E-state index contributed by atoms with van der Waals surface area (Å²) in [5, 5.41) is 2.76. The molecule has 0 aromatic heterocycles. The fourth-order valence-corrected chi connectivity index (χ4v) is 9.34. The second kappa shape index (κ2) is 14.3. The van der Waals surface area contributed by atoms with Gasteiger partial charge >= 0.3 is 18.2 Å². The number of nitrogens with zero attached hydrogens (tertiary/aromatic N) is 1. The van der Waals surface area contributed by atoms with Crippen LogP contribution in [0.4, 0.5) is 26.7 Å². The van der Waals surface area contributed by atoms with Crippen molar-refractivity contribution in [3.05, 3.63) is 29.3 Å². The summed E-state index contributed by atoms with van der Waals surface area (Å²) < 4.78 is 88.1. The first-order valence-electron chi connectivity index (χ1n) is 15.7. The van der Waals surface area contributed by atoms with E-state index in [9.17, 15) is 31.0 Å². The van der Waals surface area contributed by atoms with Crippen molar-refractivity contribution < 1.29 is 40.4 Å². The van der Waals surface area contributed by atoms with Gasteiger partial charge in [0, 0.05) is 48.9 Å². The van der Waals surface area contributed by atoms with Gasteiger partial charge in [0.05, 0.1) is 6.10 Å². The summed E-state index contributed by atoms with van der Waals surface area (Å²) in [5.41, 5.74) is 2.52. The zero-order valence-corrected chi connectivity index (χ0v) is 27.0. The van der Waals surface area contributed by atoms with E-state index in [0.717, 1.165) is 44.1 Å². The van der Waals surface area contributed by atoms with E-state index in [1.54, 1.807) is 7.11 Å². The number of ether oxygens (including phenoxy) is 2. The molecule has 0 radical (unpaired) electrons. The van der Waals surface area contributed by atoms with Gasteiger partial charge in [-0.15, -0.1) is 0 Å². The first-order valence-corrected chi connectivity index (χ1v) is 17.2. The van der Waals surface area contributed by atoms with E-state index in [1.165, 1.54) is 5.56 Å². The number of hydrogen-bond donors (Lipinski definition) is 1. The van der Waals surface area contributed by atoms with E-state index in [1.807, 2.05) is 31.1 Å². The molecule has 0 saturated heterocycles. The Bertz CT molecular complexity index is 1170. The van der Waals surface area contributed by atoms with Crippen LogP contribution in [0.25, 0.3) is 0 Å². The molecular weight excluding hydrogens is 603 g/mol. The summed E-state index contributed by atoms with van der Waals surface area (Å²) in [7, 11) is 4.17. The third-order valence-corrected chi connectivity index (χ3v) is 11.8. The zero-order valence-electron chi connectivity index (χ0n) is 26.2. The Morgan fingerprint density at radius 2 is 1.84 bits per heavy atom. The third-order valence-electron chi connectivity index (χ3n) is 10.3. The van der Waals surface area contributed by atoms with Crippen LogP contribution in [-0.4, -0.2) is 79.2 Å². The molecule has 4 rings (SSSR count). The van der Waals surface area contributed by atoms with Crippen LogP contribution in [0.2, 0.25) is 0 Å². The highest BCUT2D eigenvalue weighted by Crippen LogP contribution is 2.63. The fraction of sp³-hybridized carbons (Fsp3) is 0.781. The maximum absolute atomic E-state index is 13.3. The number of amides is 1. The zero-order chi connectivity index (χ0) is 32.3. The van der Waals surface area contributed by atoms with E-state index in [0.29, 0.717) is 43.0 Å². The van der Waals surface area contributed by atoms with Crippen molar-refractivity contribution in [1.29, 1.82) is 0 Å². The number of methoxy groups -OCH3 is 1. The largest absolute Gasteiger partial charge is 0.453 e. The lowest BCUT2D eigenvalue weighted by molar-refractivity contribution is -0.284. The van der Waals surface area contributed by atoms with Gasteiger partial charge in [0.1, 0.15) is 5.75 Å². The number of halogens is 5. The highest BCUT2D eigenvalue weighted by atomic mass is 32.2. The monoisotopic (exact) mass is 650 g/mol. The van der Waals surface area contributed by atoms with E-state index < -0.39 is 41.8 Å². The smallest absolute Gasteiger partial charge is 0.410 e. The standard InChI is InChI=1S/C32H47F5N2O4S/c1-30-14-12-25-24-9-8-23(43-29(40)38-15-16-39(2)3)20-22(24)19-21(28(25)26(30)10-11-27(30)42-4)7-5-17-44(41)18-6-13-31(33,34)32(35,36)37/h8-9,20-21,25-28H,5-7,10-19H2,1-4H3,(H,38,40)/t21-,25-,26+,27+,28-,30+,44?/m1/s1. The maximum atomic E-state index is 13.3. The van der Waals surface area contributed by atoms with Crippen LogP contribution in [0.5, 0.6) is 5.75 Å². The third kappa shape index (κ3) is 7.94. The van der Waals surface area contributed by atoms with Crippen molar-refractivity contribution in [2.75, 3.05) is 45.8 Å². The lowest BCUT2D eigenvalue weighted by atomic mass is 9.52. The molecule has 0 spiro atoms. The molecule has 12 heteroatoms. The van der Waals surface area contributed by atoms with Crippen LogP contribution in [0.15, 0.2) is 18.2 Å². The maximum Gasteiger partial charge on any atom is 0.453 e. The summed E-state index contributed by atoms with van der Waals surface area (Å²) in [6, 6.07) is 5.93. The Balaban J connectivity index is 1.44. The number of carbonyl (C=O) groups is 1. The summed E-state index contributed by atoms with van der Waals surface area (Å²) in [6.07, 6.45) is -1.32. The SMILES string of the molecule is CO[C@H]1CC[C@H]2[C@@H]3[C@H](CCCS(=O)CCCC(F)(F)C(F)(F)F)Cc4cc(OC(=O)NCCN(C)C)ccc4[C@H]3CC[C@]12C.